The standard InChI is InChI=1S/C11H12BrFN2OS/c1-6(10(14)17)15(2)11(16)9-7(12)4-3-5-8(9)13/h3-6H,1-2H3,(H2,14,17). The van der Waals surface area contributed by atoms with Crippen LogP contribution in [0.25, 0.3) is 0 Å². The lowest BCUT2D eigenvalue weighted by Gasteiger charge is -2.24. The molecule has 0 aliphatic heterocycles. The van der Waals surface area contributed by atoms with Crippen LogP contribution >= 0.6 is 28.1 Å². The van der Waals surface area contributed by atoms with Gasteiger partial charge in [0.05, 0.1) is 16.6 Å². The molecule has 1 amide bonds. The summed E-state index contributed by atoms with van der Waals surface area (Å²) in [5.74, 6) is -1.04. The molecule has 0 bridgehead atoms. The van der Waals surface area contributed by atoms with E-state index in [0.717, 1.165) is 0 Å². The summed E-state index contributed by atoms with van der Waals surface area (Å²) in [4.78, 5) is 13.6. The molecule has 1 atom stereocenters. The number of benzene rings is 1. The molecule has 6 heteroatoms. The number of nitrogens with two attached hydrogens (primary N) is 1. The van der Waals surface area contributed by atoms with E-state index in [1.807, 2.05) is 0 Å². The number of likely N-dealkylation sites (N-methyl/N-ethyl adjacent to an activating group) is 1. The van der Waals surface area contributed by atoms with E-state index in [1.165, 1.54) is 24.1 Å². The van der Waals surface area contributed by atoms with Crippen molar-refractivity contribution >= 4 is 39.0 Å². The summed E-state index contributed by atoms with van der Waals surface area (Å²) in [5, 5.41) is 0. The Morgan fingerprint density at radius 2 is 2.18 bits per heavy atom. The second kappa shape index (κ2) is 5.55. The molecule has 17 heavy (non-hydrogen) atoms. The molecule has 0 saturated carbocycles. The third kappa shape index (κ3) is 3.01. The highest BCUT2D eigenvalue weighted by Gasteiger charge is 2.23. The average molecular weight is 319 g/mol. The maximum Gasteiger partial charge on any atom is 0.258 e. The van der Waals surface area contributed by atoms with Crippen LogP contribution in [0.15, 0.2) is 22.7 Å². The molecule has 0 spiro atoms. The summed E-state index contributed by atoms with van der Waals surface area (Å²) in [7, 11) is 1.53. The van der Waals surface area contributed by atoms with Gasteiger partial charge in [-0.25, -0.2) is 4.39 Å². The minimum absolute atomic E-state index is 0.0156. The molecule has 92 valence electrons. The van der Waals surface area contributed by atoms with Crippen molar-refractivity contribution in [3.63, 3.8) is 0 Å². The zero-order chi connectivity index (χ0) is 13.2. The van der Waals surface area contributed by atoms with Gasteiger partial charge in [-0.2, -0.15) is 0 Å². The number of carbonyl (C=O) groups excluding carboxylic acids is 1. The summed E-state index contributed by atoms with van der Waals surface area (Å²) < 4.78 is 14.0. The Morgan fingerprint density at radius 3 is 2.65 bits per heavy atom. The fourth-order valence-corrected chi connectivity index (χ4v) is 1.91. The van der Waals surface area contributed by atoms with Crippen molar-refractivity contribution in [1.29, 1.82) is 0 Å². The van der Waals surface area contributed by atoms with Crippen LogP contribution in [0.2, 0.25) is 0 Å². The van der Waals surface area contributed by atoms with E-state index >= 15 is 0 Å². The van der Waals surface area contributed by atoms with Gasteiger partial charge in [0.25, 0.3) is 5.91 Å². The molecule has 1 rings (SSSR count). The van der Waals surface area contributed by atoms with Crippen LogP contribution in [0.3, 0.4) is 0 Å². The SMILES string of the molecule is CC(C(N)=S)N(C)C(=O)c1c(F)cccc1Br. The normalized spacial score (nSPS) is 12.0. The second-order valence-corrected chi connectivity index (χ2v) is 4.92. The van der Waals surface area contributed by atoms with E-state index in [1.54, 1.807) is 13.0 Å². The molecule has 0 saturated heterocycles. The Kier molecular flexibility index (Phi) is 4.59. The molecular weight excluding hydrogens is 307 g/mol. The van der Waals surface area contributed by atoms with Crippen molar-refractivity contribution in [3.8, 4) is 0 Å². The molecule has 2 N–H and O–H groups in total. The summed E-state index contributed by atoms with van der Waals surface area (Å²) in [6, 6.07) is 3.93. The predicted octanol–water partition coefficient (Wildman–Crippen LogP) is 2.33. The predicted molar refractivity (Wildman–Crippen MR) is 72.4 cm³/mol. The molecular formula is C11H12BrFN2OS. The fourth-order valence-electron chi connectivity index (χ4n) is 1.25. The minimum atomic E-state index is -0.577. The zero-order valence-electron chi connectivity index (χ0n) is 9.41. The van der Waals surface area contributed by atoms with Gasteiger partial charge in [-0.15, -0.1) is 0 Å². The van der Waals surface area contributed by atoms with Crippen LogP contribution in [0, 0.1) is 5.82 Å². The van der Waals surface area contributed by atoms with Crippen molar-refractivity contribution < 1.29 is 9.18 Å². The Morgan fingerprint density at radius 1 is 1.59 bits per heavy atom. The van der Waals surface area contributed by atoms with E-state index < -0.39 is 17.8 Å². The van der Waals surface area contributed by atoms with E-state index in [9.17, 15) is 9.18 Å². The lowest BCUT2D eigenvalue weighted by atomic mass is 10.1. The molecule has 0 aliphatic rings. The third-order valence-electron chi connectivity index (χ3n) is 2.49. The van der Waals surface area contributed by atoms with E-state index in [4.69, 9.17) is 18.0 Å². The van der Waals surface area contributed by atoms with Gasteiger partial charge < -0.3 is 10.6 Å². The van der Waals surface area contributed by atoms with Crippen molar-refractivity contribution in [3.05, 3.63) is 34.1 Å². The molecule has 0 aliphatic carbocycles. The topological polar surface area (TPSA) is 46.3 Å². The second-order valence-electron chi connectivity index (χ2n) is 3.59. The van der Waals surface area contributed by atoms with Gasteiger partial charge >= 0.3 is 0 Å². The van der Waals surface area contributed by atoms with E-state index in [2.05, 4.69) is 15.9 Å². The van der Waals surface area contributed by atoms with Gasteiger partial charge in [-0.05, 0) is 35.0 Å². The Balaban J connectivity index is 3.09. The number of hydrogen-bond acceptors (Lipinski definition) is 2. The first-order chi connectivity index (χ1) is 7.86. The van der Waals surface area contributed by atoms with Crippen molar-refractivity contribution in [2.24, 2.45) is 5.73 Å². The molecule has 3 nitrogen and oxygen atoms in total. The Bertz CT molecular complexity index is 447. The van der Waals surface area contributed by atoms with E-state index in [-0.39, 0.29) is 10.6 Å². The minimum Gasteiger partial charge on any atom is -0.392 e. The molecule has 0 heterocycles. The highest BCUT2D eigenvalue weighted by molar-refractivity contribution is 9.10. The number of rotatable bonds is 3. The highest BCUT2D eigenvalue weighted by atomic mass is 79.9. The van der Waals surface area contributed by atoms with Crippen LogP contribution in [0.1, 0.15) is 17.3 Å². The maximum atomic E-state index is 13.6. The number of halogens is 2. The summed E-state index contributed by atoms with van der Waals surface area (Å²) in [5.41, 5.74) is 5.45. The largest absolute Gasteiger partial charge is 0.392 e. The third-order valence-corrected chi connectivity index (χ3v) is 3.49. The number of carbonyl (C=O) groups is 1. The van der Waals surface area contributed by atoms with Crippen LogP contribution < -0.4 is 5.73 Å². The smallest absolute Gasteiger partial charge is 0.258 e. The van der Waals surface area contributed by atoms with Gasteiger partial charge in [-0.3, -0.25) is 4.79 Å². The van der Waals surface area contributed by atoms with Gasteiger partial charge in [0, 0.05) is 11.5 Å². The molecule has 0 radical (unpaired) electrons. The van der Waals surface area contributed by atoms with E-state index in [0.29, 0.717) is 4.47 Å². The van der Waals surface area contributed by atoms with Crippen LogP contribution in [0.5, 0.6) is 0 Å². The van der Waals surface area contributed by atoms with Gasteiger partial charge in [0.2, 0.25) is 0 Å². The Labute approximate surface area is 113 Å². The van der Waals surface area contributed by atoms with Crippen LogP contribution in [-0.4, -0.2) is 28.9 Å². The Hall–Kier alpha value is -1.01. The molecule has 0 aromatic heterocycles. The first kappa shape index (κ1) is 14.1. The van der Waals surface area contributed by atoms with Crippen molar-refractivity contribution in [2.75, 3.05) is 7.05 Å². The highest BCUT2D eigenvalue weighted by Crippen LogP contribution is 2.21. The summed E-state index contributed by atoms with van der Waals surface area (Å²) in [6.07, 6.45) is 0. The van der Waals surface area contributed by atoms with Crippen LogP contribution in [-0.2, 0) is 0 Å². The zero-order valence-corrected chi connectivity index (χ0v) is 11.8. The van der Waals surface area contributed by atoms with Gasteiger partial charge in [0.1, 0.15) is 5.82 Å². The maximum absolute atomic E-state index is 13.6. The number of amides is 1. The van der Waals surface area contributed by atoms with Crippen LogP contribution in [0.4, 0.5) is 4.39 Å². The van der Waals surface area contributed by atoms with Gasteiger partial charge in [0.15, 0.2) is 0 Å². The van der Waals surface area contributed by atoms with Crippen molar-refractivity contribution in [1.82, 2.24) is 4.90 Å². The summed E-state index contributed by atoms with van der Waals surface area (Å²) >= 11 is 7.96. The molecule has 0 fully saturated rings. The first-order valence-corrected chi connectivity index (χ1v) is 6.07. The lowest BCUT2D eigenvalue weighted by molar-refractivity contribution is 0.0773. The molecule has 1 unspecified atom stereocenters. The van der Waals surface area contributed by atoms with Gasteiger partial charge in [-0.1, -0.05) is 18.3 Å². The molecule has 1 aromatic rings. The number of thiocarbonyl (C=S) groups is 1. The quantitative estimate of drug-likeness (QED) is 0.870. The van der Waals surface area contributed by atoms with Crippen molar-refractivity contribution in [2.45, 2.75) is 13.0 Å². The lowest BCUT2D eigenvalue weighted by Crippen LogP contribution is -2.43. The average Bonchev–Trinajstić information content (AvgIpc) is 2.26. The summed E-state index contributed by atoms with van der Waals surface area (Å²) in [6.45, 7) is 1.69. The molecule has 1 aromatic carbocycles. The first-order valence-electron chi connectivity index (χ1n) is 4.86. The number of hydrogen-bond donors (Lipinski definition) is 1. The number of nitrogens with zero attached hydrogens (tertiary/aromatic N) is 1. The monoisotopic (exact) mass is 318 g/mol. The fraction of sp³-hybridized carbons (Fsp3) is 0.273.